The van der Waals surface area contributed by atoms with Crippen LogP contribution in [-0.2, 0) is 4.53 Å². The van der Waals surface area contributed by atoms with Crippen LogP contribution in [0.3, 0.4) is 0 Å². The van der Waals surface area contributed by atoms with Gasteiger partial charge in [-0.1, -0.05) is 13.3 Å². The molecule has 0 aliphatic heterocycles. The Kier molecular flexibility index (Phi) is 6.26. The van der Waals surface area contributed by atoms with Crippen molar-refractivity contribution >= 4 is 14.0 Å². The molecule has 0 saturated heterocycles. The Hall–Kier alpha value is -0.823. The molecule has 0 heterocycles. The van der Waals surface area contributed by atoms with Crippen molar-refractivity contribution in [2.45, 2.75) is 52.8 Å². The van der Waals surface area contributed by atoms with Crippen molar-refractivity contribution in [1.29, 1.82) is 5.26 Å². The first-order valence-corrected chi connectivity index (χ1v) is 8.91. The van der Waals surface area contributed by atoms with Crippen molar-refractivity contribution in [3.05, 3.63) is 0 Å². The summed E-state index contributed by atoms with van der Waals surface area (Å²) in [4.78, 5) is 0. The van der Waals surface area contributed by atoms with E-state index in [1.807, 2.05) is 6.92 Å². The molecule has 0 rings (SSSR count). The van der Waals surface area contributed by atoms with E-state index in [1.165, 1.54) is 0 Å². The first kappa shape index (κ1) is 14.2. The summed E-state index contributed by atoms with van der Waals surface area (Å²) in [5.74, 6) is 0.0870. The second-order valence-electron chi connectivity index (χ2n) is 4.85. The van der Waals surface area contributed by atoms with Gasteiger partial charge in [-0.2, -0.15) is 5.26 Å². The van der Waals surface area contributed by atoms with Gasteiger partial charge in [-0.15, -0.1) is 5.16 Å². The fraction of sp³-hybridized carbons (Fsp3) is 0.818. The molecule has 1 unspecified atom stereocenters. The maximum absolute atomic E-state index is 8.90. The summed E-state index contributed by atoms with van der Waals surface area (Å²) < 4.78 is 5.43. The lowest BCUT2D eigenvalue weighted by molar-refractivity contribution is 0.332. The normalized spacial score (nSPS) is 14.5. The molecule has 0 saturated carbocycles. The number of nitriles is 1. The van der Waals surface area contributed by atoms with Crippen molar-refractivity contribution < 1.29 is 4.53 Å². The minimum absolute atomic E-state index is 0.0870. The fourth-order valence-corrected chi connectivity index (χ4v) is 1.60. The van der Waals surface area contributed by atoms with Crippen LogP contribution >= 0.6 is 0 Å². The van der Waals surface area contributed by atoms with Crippen LogP contribution in [0.2, 0.25) is 19.6 Å². The molecule has 0 aliphatic carbocycles. The second-order valence-corrected chi connectivity index (χ2v) is 9.26. The Morgan fingerprint density at radius 3 is 2.47 bits per heavy atom. The molecule has 1 atom stereocenters. The molecular weight excluding hydrogens is 204 g/mol. The summed E-state index contributed by atoms with van der Waals surface area (Å²) in [5, 5.41) is 13.0. The number of rotatable bonds is 6. The van der Waals surface area contributed by atoms with Crippen LogP contribution in [0.25, 0.3) is 0 Å². The number of oxime groups is 1. The summed E-state index contributed by atoms with van der Waals surface area (Å²) in [5.41, 5.74) is 0.928. The van der Waals surface area contributed by atoms with E-state index >= 15 is 0 Å². The zero-order valence-corrected chi connectivity index (χ0v) is 11.5. The zero-order valence-electron chi connectivity index (χ0n) is 10.5. The van der Waals surface area contributed by atoms with Gasteiger partial charge in [-0.3, -0.25) is 0 Å². The second kappa shape index (κ2) is 6.62. The average Bonchev–Trinajstić information content (AvgIpc) is 2.13. The van der Waals surface area contributed by atoms with Crippen LogP contribution in [-0.4, -0.2) is 14.0 Å². The molecule has 0 spiro atoms. The molecular formula is C11H22N2OSi. The van der Waals surface area contributed by atoms with Crippen LogP contribution in [0.15, 0.2) is 5.16 Å². The predicted octanol–water partition coefficient (Wildman–Crippen LogP) is 3.54. The minimum atomic E-state index is -1.57. The van der Waals surface area contributed by atoms with Gasteiger partial charge < -0.3 is 4.53 Å². The standard InChI is InChI=1S/C11H22N2OSi/c1-6-7-11(9-12)8-10(2)13-14-15(3,4)5/h11H,6-8H2,1-5H3. The van der Waals surface area contributed by atoms with Crippen LogP contribution in [0, 0.1) is 17.2 Å². The summed E-state index contributed by atoms with van der Waals surface area (Å²) in [7, 11) is -1.57. The molecule has 0 bridgehead atoms. The molecule has 0 aliphatic rings. The highest BCUT2D eigenvalue weighted by molar-refractivity contribution is 6.69. The van der Waals surface area contributed by atoms with Crippen LogP contribution in [0.5, 0.6) is 0 Å². The SMILES string of the molecule is CCCC(C#N)CC(C)=NO[Si](C)(C)C. The molecule has 4 heteroatoms. The molecule has 0 aromatic rings. The minimum Gasteiger partial charge on any atom is -0.456 e. The van der Waals surface area contributed by atoms with E-state index in [1.54, 1.807) is 0 Å². The number of hydrogen-bond acceptors (Lipinski definition) is 3. The Labute approximate surface area is 94.2 Å². The van der Waals surface area contributed by atoms with E-state index in [2.05, 4.69) is 37.8 Å². The number of hydrogen-bond donors (Lipinski definition) is 0. The molecule has 0 radical (unpaired) electrons. The maximum Gasteiger partial charge on any atom is 0.278 e. The summed E-state index contributed by atoms with van der Waals surface area (Å²) in [6.07, 6.45) is 2.71. The van der Waals surface area contributed by atoms with Crippen LogP contribution < -0.4 is 0 Å². The van der Waals surface area contributed by atoms with Gasteiger partial charge in [0.05, 0.1) is 17.7 Å². The quantitative estimate of drug-likeness (QED) is 0.395. The van der Waals surface area contributed by atoms with E-state index in [-0.39, 0.29) is 5.92 Å². The lowest BCUT2D eigenvalue weighted by Crippen LogP contribution is -2.23. The Morgan fingerprint density at radius 1 is 1.47 bits per heavy atom. The van der Waals surface area contributed by atoms with Gasteiger partial charge in [0.1, 0.15) is 0 Å². The van der Waals surface area contributed by atoms with E-state index in [0.29, 0.717) is 0 Å². The fourth-order valence-electron chi connectivity index (χ4n) is 1.17. The van der Waals surface area contributed by atoms with Crippen LogP contribution in [0.4, 0.5) is 0 Å². The van der Waals surface area contributed by atoms with Gasteiger partial charge >= 0.3 is 0 Å². The van der Waals surface area contributed by atoms with Gasteiger partial charge in [-0.25, -0.2) is 0 Å². The Bertz CT molecular complexity index is 250. The van der Waals surface area contributed by atoms with Gasteiger partial charge in [-0.05, 0) is 33.0 Å². The first-order valence-electron chi connectivity index (χ1n) is 5.50. The predicted molar refractivity (Wildman–Crippen MR) is 66.2 cm³/mol. The molecule has 0 fully saturated rings. The highest BCUT2D eigenvalue weighted by Gasteiger charge is 2.16. The summed E-state index contributed by atoms with van der Waals surface area (Å²) >= 11 is 0. The van der Waals surface area contributed by atoms with Gasteiger partial charge in [0, 0.05) is 6.42 Å². The Morgan fingerprint density at radius 2 is 2.07 bits per heavy atom. The van der Waals surface area contributed by atoms with E-state index in [9.17, 15) is 0 Å². The summed E-state index contributed by atoms with van der Waals surface area (Å²) in [6.45, 7) is 10.3. The molecule has 0 amide bonds. The van der Waals surface area contributed by atoms with Gasteiger partial charge in [0.15, 0.2) is 0 Å². The van der Waals surface area contributed by atoms with Crippen molar-refractivity contribution in [2.75, 3.05) is 0 Å². The van der Waals surface area contributed by atoms with Crippen LogP contribution in [0.1, 0.15) is 33.1 Å². The average molecular weight is 226 g/mol. The van der Waals surface area contributed by atoms with Gasteiger partial charge in [0.2, 0.25) is 0 Å². The van der Waals surface area contributed by atoms with Crippen molar-refractivity contribution in [3.63, 3.8) is 0 Å². The smallest absolute Gasteiger partial charge is 0.278 e. The summed E-state index contributed by atoms with van der Waals surface area (Å²) in [6, 6.07) is 2.31. The monoisotopic (exact) mass is 226 g/mol. The third kappa shape index (κ3) is 8.19. The molecule has 86 valence electrons. The van der Waals surface area contributed by atoms with E-state index in [0.717, 1.165) is 25.0 Å². The van der Waals surface area contributed by atoms with Crippen molar-refractivity contribution in [3.8, 4) is 6.07 Å². The largest absolute Gasteiger partial charge is 0.456 e. The third-order valence-corrected chi connectivity index (χ3v) is 2.48. The highest BCUT2D eigenvalue weighted by Crippen LogP contribution is 2.12. The molecule has 0 N–H and O–H groups in total. The first-order chi connectivity index (χ1) is 6.89. The molecule has 0 aromatic carbocycles. The Balaban J connectivity index is 4.11. The van der Waals surface area contributed by atoms with E-state index < -0.39 is 8.32 Å². The topological polar surface area (TPSA) is 45.4 Å². The highest BCUT2D eigenvalue weighted by atomic mass is 28.4. The zero-order chi connectivity index (χ0) is 11.9. The molecule has 15 heavy (non-hydrogen) atoms. The van der Waals surface area contributed by atoms with Gasteiger partial charge in [0.25, 0.3) is 8.32 Å². The van der Waals surface area contributed by atoms with Crippen molar-refractivity contribution in [1.82, 2.24) is 0 Å². The van der Waals surface area contributed by atoms with E-state index in [4.69, 9.17) is 9.79 Å². The lowest BCUT2D eigenvalue weighted by Gasteiger charge is -2.14. The van der Waals surface area contributed by atoms with Crippen molar-refractivity contribution in [2.24, 2.45) is 11.1 Å². The number of nitrogens with zero attached hydrogens (tertiary/aromatic N) is 2. The lowest BCUT2D eigenvalue weighted by atomic mass is 9.99. The third-order valence-electron chi connectivity index (χ3n) is 1.84. The maximum atomic E-state index is 8.90. The molecule has 0 aromatic heterocycles. The molecule has 3 nitrogen and oxygen atoms in total.